The summed E-state index contributed by atoms with van der Waals surface area (Å²) < 4.78 is 1.27. The summed E-state index contributed by atoms with van der Waals surface area (Å²) in [7, 11) is 0. The molecule has 0 aliphatic carbocycles. The van der Waals surface area contributed by atoms with Gasteiger partial charge in [-0.1, -0.05) is 0 Å². The van der Waals surface area contributed by atoms with Crippen molar-refractivity contribution >= 4 is 0 Å². The zero-order chi connectivity index (χ0) is 11.4. The van der Waals surface area contributed by atoms with Crippen molar-refractivity contribution in [3.63, 3.8) is 0 Å². The van der Waals surface area contributed by atoms with Crippen LogP contribution >= 0.6 is 0 Å². The fraction of sp³-hybridized carbons (Fsp3) is 0.636. The Hall–Kier alpha value is -1.36. The number of aromatic nitrogens is 2. The second-order valence-electron chi connectivity index (χ2n) is 4.27. The van der Waals surface area contributed by atoms with E-state index in [1.165, 1.54) is 29.7 Å². The lowest BCUT2D eigenvalue weighted by Gasteiger charge is -2.22. The van der Waals surface area contributed by atoms with Crippen molar-refractivity contribution in [3.8, 4) is 0 Å². The van der Waals surface area contributed by atoms with E-state index in [1.54, 1.807) is 0 Å². The summed E-state index contributed by atoms with van der Waals surface area (Å²) in [5, 5.41) is 3.33. The molecule has 2 heterocycles. The Morgan fingerprint density at radius 3 is 3.00 bits per heavy atom. The van der Waals surface area contributed by atoms with Crippen molar-refractivity contribution in [2.75, 3.05) is 13.1 Å². The number of H-pyrrole nitrogens is 1. The number of rotatable bonds is 3. The molecule has 0 spiro atoms. The van der Waals surface area contributed by atoms with Gasteiger partial charge in [0.2, 0.25) is 0 Å². The largest absolute Gasteiger partial charge is 0.328 e. The third kappa shape index (κ3) is 2.61. The molecule has 2 rings (SSSR count). The maximum atomic E-state index is 11.4. The van der Waals surface area contributed by atoms with Crippen LogP contribution in [0, 0.1) is 5.92 Å². The minimum absolute atomic E-state index is 0.215. The highest BCUT2D eigenvalue weighted by Gasteiger charge is 2.13. The summed E-state index contributed by atoms with van der Waals surface area (Å²) in [4.78, 5) is 25.4. The molecule has 0 bridgehead atoms. The maximum Gasteiger partial charge on any atom is 0.328 e. The van der Waals surface area contributed by atoms with Gasteiger partial charge in [0.1, 0.15) is 0 Å². The third-order valence-electron chi connectivity index (χ3n) is 3.10. The van der Waals surface area contributed by atoms with Crippen molar-refractivity contribution in [3.05, 3.63) is 33.1 Å². The van der Waals surface area contributed by atoms with E-state index >= 15 is 0 Å². The Labute approximate surface area is 93.5 Å². The van der Waals surface area contributed by atoms with E-state index in [-0.39, 0.29) is 11.2 Å². The molecule has 0 aromatic carbocycles. The van der Waals surface area contributed by atoms with Crippen LogP contribution in [0.15, 0.2) is 21.9 Å². The fourth-order valence-electron chi connectivity index (χ4n) is 2.15. The van der Waals surface area contributed by atoms with E-state index in [0.717, 1.165) is 19.5 Å². The summed E-state index contributed by atoms with van der Waals surface area (Å²) >= 11 is 0. The zero-order valence-electron chi connectivity index (χ0n) is 9.24. The van der Waals surface area contributed by atoms with E-state index in [9.17, 15) is 9.59 Å². The molecule has 88 valence electrons. The molecule has 5 heteroatoms. The maximum absolute atomic E-state index is 11.4. The molecule has 1 saturated heterocycles. The van der Waals surface area contributed by atoms with E-state index in [1.807, 2.05) is 0 Å². The van der Waals surface area contributed by atoms with Crippen molar-refractivity contribution < 1.29 is 0 Å². The molecule has 5 nitrogen and oxygen atoms in total. The SMILES string of the molecule is O=c1cc[nH]c(=O)n1CCC1CCCNC1. The molecule has 16 heavy (non-hydrogen) atoms. The van der Waals surface area contributed by atoms with Crippen molar-refractivity contribution in [1.82, 2.24) is 14.9 Å². The molecule has 0 amide bonds. The van der Waals surface area contributed by atoms with Crippen LogP contribution in [0.4, 0.5) is 0 Å². The van der Waals surface area contributed by atoms with Gasteiger partial charge in [0.05, 0.1) is 0 Å². The van der Waals surface area contributed by atoms with Gasteiger partial charge in [0, 0.05) is 18.8 Å². The van der Waals surface area contributed by atoms with Crippen LogP contribution in [-0.4, -0.2) is 22.6 Å². The molecule has 0 radical (unpaired) electrons. The first kappa shape index (κ1) is 11.1. The molecule has 1 aliphatic rings. The van der Waals surface area contributed by atoms with Crippen LogP contribution in [0.2, 0.25) is 0 Å². The molecule has 1 aromatic rings. The van der Waals surface area contributed by atoms with Gasteiger partial charge in [-0.3, -0.25) is 9.36 Å². The molecule has 1 atom stereocenters. The lowest BCUT2D eigenvalue weighted by atomic mass is 9.96. The minimum atomic E-state index is -0.309. The normalized spacial score (nSPS) is 20.9. The van der Waals surface area contributed by atoms with Gasteiger partial charge in [-0.15, -0.1) is 0 Å². The summed E-state index contributed by atoms with van der Waals surface area (Å²) in [6.45, 7) is 2.60. The monoisotopic (exact) mass is 223 g/mol. The van der Waals surface area contributed by atoms with Crippen LogP contribution in [-0.2, 0) is 6.54 Å². The van der Waals surface area contributed by atoms with Gasteiger partial charge in [-0.25, -0.2) is 4.79 Å². The molecule has 1 aromatic heterocycles. The highest BCUT2D eigenvalue weighted by atomic mass is 16.2. The number of nitrogens with zero attached hydrogens (tertiary/aromatic N) is 1. The van der Waals surface area contributed by atoms with E-state index < -0.39 is 0 Å². The Kier molecular flexibility index (Phi) is 3.56. The van der Waals surface area contributed by atoms with Gasteiger partial charge in [0.25, 0.3) is 5.56 Å². The van der Waals surface area contributed by atoms with E-state index in [2.05, 4.69) is 10.3 Å². The van der Waals surface area contributed by atoms with Crippen LogP contribution in [0.3, 0.4) is 0 Å². The second kappa shape index (κ2) is 5.12. The Morgan fingerprint density at radius 2 is 2.31 bits per heavy atom. The summed E-state index contributed by atoms with van der Waals surface area (Å²) in [5.41, 5.74) is -0.524. The second-order valence-corrected chi connectivity index (χ2v) is 4.27. The number of hydrogen-bond acceptors (Lipinski definition) is 3. The van der Waals surface area contributed by atoms with Gasteiger partial charge >= 0.3 is 5.69 Å². The summed E-state index contributed by atoms with van der Waals surface area (Å²) in [5.74, 6) is 0.584. The van der Waals surface area contributed by atoms with Gasteiger partial charge < -0.3 is 10.3 Å². The molecule has 1 fully saturated rings. The molecule has 0 saturated carbocycles. The Balaban J connectivity index is 1.99. The molecule has 1 aliphatic heterocycles. The van der Waals surface area contributed by atoms with E-state index in [4.69, 9.17) is 0 Å². The Bertz CT molecular complexity index is 415. The fourth-order valence-corrected chi connectivity index (χ4v) is 2.15. The zero-order valence-corrected chi connectivity index (χ0v) is 9.24. The summed E-state index contributed by atoms with van der Waals surface area (Å²) in [6, 6.07) is 1.39. The van der Waals surface area contributed by atoms with Crippen molar-refractivity contribution in [2.24, 2.45) is 5.92 Å². The van der Waals surface area contributed by atoms with Crippen LogP contribution in [0.5, 0.6) is 0 Å². The molecular formula is C11H17N3O2. The first-order valence-electron chi connectivity index (χ1n) is 5.76. The number of piperidine rings is 1. The Morgan fingerprint density at radius 1 is 1.44 bits per heavy atom. The van der Waals surface area contributed by atoms with Gasteiger partial charge in [0.15, 0.2) is 0 Å². The average Bonchev–Trinajstić information content (AvgIpc) is 2.30. The predicted octanol–water partition coefficient (Wildman–Crippen LogP) is -0.0737. The van der Waals surface area contributed by atoms with Gasteiger partial charge in [-0.05, 0) is 38.3 Å². The lowest BCUT2D eigenvalue weighted by Crippen LogP contribution is -2.36. The van der Waals surface area contributed by atoms with Crippen molar-refractivity contribution in [1.29, 1.82) is 0 Å². The molecule has 1 unspecified atom stereocenters. The number of hydrogen-bond donors (Lipinski definition) is 2. The smallest absolute Gasteiger partial charge is 0.316 e. The van der Waals surface area contributed by atoms with Crippen molar-refractivity contribution in [2.45, 2.75) is 25.8 Å². The third-order valence-corrected chi connectivity index (χ3v) is 3.10. The van der Waals surface area contributed by atoms with Crippen LogP contribution in [0.25, 0.3) is 0 Å². The first-order chi connectivity index (χ1) is 7.77. The standard InChI is InChI=1S/C11H17N3O2/c15-10-3-6-13-11(16)14(10)7-4-9-2-1-5-12-8-9/h3,6,9,12H,1-2,4-5,7-8H2,(H,13,16). The number of nitrogens with one attached hydrogen (secondary N) is 2. The molecule has 2 N–H and O–H groups in total. The van der Waals surface area contributed by atoms with Gasteiger partial charge in [-0.2, -0.15) is 0 Å². The topological polar surface area (TPSA) is 66.9 Å². The summed E-state index contributed by atoms with van der Waals surface area (Å²) in [6.07, 6.45) is 4.65. The average molecular weight is 223 g/mol. The van der Waals surface area contributed by atoms with E-state index in [0.29, 0.717) is 12.5 Å². The number of aromatic amines is 1. The van der Waals surface area contributed by atoms with Crippen LogP contribution in [0.1, 0.15) is 19.3 Å². The minimum Gasteiger partial charge on any atom is -0.316 e. The first-order valence-corrected chi connectivity index (χ1v) is 5.76. The highest BCUT2D eigenvalue weighted by molar-refractivity contribution is 4.83. The quantitative estimate of drug-likeness (QED) is 0.753. The lowest BCUT2D eigenvalue weighted by molar-refractivity contribution is 0.337. The molecular weight excluding hydrogens is 206 g/mol. The predicted molar refractivity (Wildman–Crippen MR) is 61.5 cm³/mol. The highest BCUT2D eigenvalue weighted by Crippen LogP contribution is 2.13. The van der Waals surface area contributed by atoms with Crippen LogP contribution < -0.4 is 16.6 Å².